The highest BCUT2D eigenvalue weighted by Crippen LogP contribution is 1.87. The van der Waals surface area contributed by atoms with Crippen LogP contribution in [0.15, 0.2) is 0 Å². The van der Waals surface area contributed by atoms with Crippen LogP contribution in [-0.2, 0) is 4.39 Å². The lowest BCUT2D eigenvalue weighted by Gasteiger charge is -2.13. The van der Waals surface area contributed by atoms with Gasteiger partial charge in [-0.3, -0.25) is 0 Å². The van der Waals surface area contributed by atoms with Gasteiger partial charge in [0.05, 0.1) is 0 Å². The van der Waals surface area contributed by atoms with Crippen molar-refractivity contribution in [3.05, 3.63) is 0 Å². The van der Waals surface area contributed by atoms with Gasteiger partial charge in [-0.25, -0.2) is 0 Å². The van der Waals surface area contributed by atoms with Gasteiger partial charge in [-0.05, 0) is 0 Å². The van der Waals surface area contributed by atoms with Crippen molar-refractivity contribution in [1.29, 1.82) is 0 Å². The summed E-state index contributed by atoms with van der Waals surface area (Å²) in [5, 5.41) is 0.796. The van der Waals surface area contributed by atoms with E-state index in [0.29, 0.717) is 0 Å². The van der Waals surface area contributed by atoms with E-state index in [1.54, 1.807) is 0 Å². The van der Waals surface area contributed by atoms with Crippen LogP contribution in [0.1, 0.15) is 0 Å². The Bertz CT molecular complexity index is 68.9. The van der Waals surface area contributed by atoms with E-state index in [2.05, 4.69) is 4.39 Å². The minimum absolute atomic E-state index is 0.796. The first-order valence-corrected chi connectivity index (χ1v) is 2.93. The maximum Gasteiger partial charge on any atom is 0.178 e. The molecule has 0 aromatic carbocycles. The normalized spacial score (nSPS) is 12.8. The summed E-state index contributed by atoms with van der Waals surface area (Å²) in [4.78, 5) is 0. The second-order valence-electron chi connectivity index (χ2n) is 1.26. The first-order chi connectivity index (χ1) is 3.42. The van der Waals surface area contributed by atoms with Crippen molar-refractivity contribution in [2.24, 2.45) is 0 Å². The third-order valence-electron chi connectivity index (χ3n) is 0.223. The van der Waals surface area contributed by atoms with Gasteiger partial charge in [-0.2, -0.15) is 14.0 Å². The summed E-state index contributed by atoms with van der Waals surface area (Å²) >= 11 is 0. The van der Waals surface area contributed by atoms with Crippen LogP contribution in [0.4, 0.5) is 0 Å². The maximum absolute atomic E-state index is 9.59. The van der Waals surface area contributed by atoms with E-state index in [0.717, 1.165) is 5.06 Å². The first kappa shape index (κ1) is 8.09. The zero-order valence-electron chi connectivity index (χ0n) is 4.46. The fourth-order valence-corrected chi connectivity index (χ4v) is 0.507. The molecule has 0 amide bonds. The van der Waals surface area contributed by atoms with E-state index >= 15 is 0 Å². The second kappa shape index (κ2) is 2.58. The van der Waals surface area contributed by atoms with Crippen LogP contribution in [0.3, 0.4) is 0 Å². The monoisotopic (exact) mass is 143 g/mol. The lowest BCUT2D eigenvalue weighted by molar-refractivity contribution is -1.92. The third-order valence-corrected chi connectivity index (χ3v) is 0.668. The average Bonchev–Trinajstić information content (AvgIpc) is 1.21. The van der Waals surface area contributed by atoms with Gasteiger partial charge in [-0.15, -0.1) is 0 Å². The van der Waals surface area contributed by atoms with E-state index in [9.17, 15) is 14.0 Å². The molecule has 0 heterocycles. The van der Waals surface area contributed by atoms with Crippen LogP contribution in [0.5, 0.6) is 0 Å². The topological polar surface area (TPSA) is 81.7 Å². The molecule has 0 saturated carbocycles. The van der Waals surface area contributed by atoms with Gasteiger partial charge >= 0.3 is 0 Å². The molecule has 0 aliphatic carbocycles. The molecule has 0 N–H and O–H groups in total. The van der Waals surface area contributed by atoms with Crippen LogP contribution in [0, 0.1) is 10.2 Å². The zero-order valence-corrected chi connectivity index (χ0v) is 5.21. The SMILES string of the molecule is CN(C)O[Cl+3]([O-])([O-])[O-]. The Morgan fingerprint density at radius 3 is 1.62 bits per heavy atom. The number of halogens is 1. The highest BCUT2D eigenvalue weighted by atomic mass is 35.7. The molecule has 0 radical (unpaired) electrons. The molecule has 0 bridgehead atoms. The predicted octanol–water partition coefficient (Wildman–Crippen LogP) is -3.62. The molecule has 5 nitrogen and oxygen atoms in total. The number of hydrogen-bond acceptors (Lipinski definition) is 5. The summed E-state index contributed by atoms with van der Waals surface area (Å²) in [5.41, 5.74) is 0. The lowest BCUT2D eigenvalue weighted by Crippen LogP contribution is -2.62. The van der Waals surface area contributed by atoms with Crippen molar-refractivity contribution in [3.63, 3.8) is 0 Å². The van der Waals surface area contributed by atoms with Gasteiger partial charge in [0, 0.05) is 14.1 Å². The van der Waals surface area contributed by atoms with Crippen LogP contribution < -0.4 is 14.0 Å². The predicted molar refractivity (Wildman–Crippen MR) is 14.8 cm³/mol. The largest absolute Gasteiger partial charge is 0.181 e. The van der Waals surface area contributed by atoms with E-state index in [1.165, 1.54) is 14.1 Å². The molecule has 0 aliphatic heterocycles. The molecule has 0 fully saturated rings. The molecular formula is C2H6ClNO4. The van der Waals surface area contributed by atoms with E-state index in [1.807, 2.05) is 0 Å². The number of hydroxylamine groups is 2. The summed E-state index contributed by atoms with van der Waals surface area (Å²) in [7, 11) is -1.71. The van der Waals surface area contributed by atoms with E-state index in [-0.39, 0.29) is 0 Å². The number of nitrogens with zero attached hydrogens (tertiary/aromatic N) is 1. The molecule has 50 valence electrons. The van der Waals surface area contributed by atoms with Gasteiger partial charge in [-0.1, -0.05) is 5.06 Å². The Morgan fingerprint density at radius 2 is 1.62 bits per heavy atom. The van der Waals surface area contributed by atoms with Gasteiger partial charge in [0.25, 0.3) is 0 Å². The average molecular weight is 144 g/mol. The zero-order chi connectivity index (χ0) is 6.78. The molecule has 0 rings (SSSR count). The minimum atomic E-state index is -4.30. The second-order valence-corrected chi connectivity index (χ2v) is 2.15. The Labute approximate surface area is 48.8 Å². The van der Waals surface area contributed by atoms with Crippen molar-refractivity contribution in [2.75, 3.05) is 14.1 Å². The highest BCUT2D eigenvalue weighted by molar-refractivity contribution is 3.93. The molecule has 0 atom stereocenters. The molecule has 0 aromatic rings. The van der Waals surface area contributed by atoms with Crippen LogP contribution in [0.2, 0.25) is 0 Å². The highest BCUT2D eigenvalue weighted by Gasteiger charge is 2.19. The van der Waals surface area contributed by atoms with Crippen molar-refractivity contribution in [2.45, 2.75) is 0 Å². The van der Waals surface area contributed by atoms with E-state index in [4.69, 9.17) is 0 Å². The Morgan fingerprint density at radius 1 is 1.25 bits per heavy atom. The van der Waals surface area contributed by atoms with Gasteiger partial charge in [0.15, 0.2) is 4.39 Å². The number of rotatable bonds is 2. The smallest absolute Gasteiger partial charge is 0.178 e. The molecule has 0 aliphatic rings. The van der Waals surface area contributed by atoms with Crippen molar-refractivity contribution in [1.82, 2.24) is 5.06 Å². The number of hydrogen-bond donors (Lipinski definition) is 0. The standard InChI is InChI=1S/C2H6ClNO4/c1-4(2)8-3(5,6)7/h1-2H3. The van der Waals surface area contributed by atoms with Gasteiger partial charge in [0.1, 0.15) is 10.2 Å². The molecule has 0 spiro atoms. The Kier molecular flexibility index (Phi) is 2.61. The third kappa shape index (κ3) is 6.09. The molecule has 6 heteroatoms. The molecule has 8 heavy (non-hydrogen) atoms. The molecule has 0 aromatic heterocycles. The van der Waals surface area contributed by atoms with Crippen molar-refractivity contribution < 1.29 is 28.6 Å². The summed E-state index contributed by atoms with van der Waals surface area (Å²) in [6.45, 7) is 0. The quantitative estimate of drug-likeness (QED) is 0.373. The minimum Gasteiger partial charge on any atom is -0.181 e. The Balaban J connectivity index is 3.39. The van der Waals surface area contributed by atoms with Gasteiger partial charge in [0.2, 0.25) is 0 Å². The Hall–Kier alpha value is 0.0900. The molecular weight excluding hydrogens is 137 g/mol. The fourth-order valence-electron chi connectivity index (χ4n) is 0.169. The van der Waals surface area contributed by atoms with Crippen LogP contribution >= 0.6 is 0 Å². The lowest BCUT2D eigenvalue weighted by atomic mass is 11.2. The van der Waals surface area contributed by atoms with Crippen LogP contribution in [0.25, 0.3) is 0 Å². The molecule has 0 unspecified atom stereocenters. The van der Waals surface area contributed by atoms with Crippen LogP contribution in [-0.4, -0.2) is 19.2 Å². The summed E-state index contributed by atoms with van der Waals surface area (Å²) in [5.74, 6) is 0. The fraction of sp³-hybridized carbons (Fsp3) is 1.00. The van der Waals surface area contributed by atoms with Crippen molar-refractivity contribution in [3.8, 4) is 0 Å². The van der Waals surface area contributed by atoms with Crippen molar-refractivity contribution >= 4 is 0 Å². The first-order valence-electron chi connectivity index (χ1n) is 1.69. The summed E-state index contributed by atoms with van der Waals surface area (Å²) in [6.07, 6.45) is 0. The molecule has 0 saturated heterocycles. The van der Waals surface area contributed by atoms with E-state index < -0.39 is 10.2 Å². The summed E-state index contributed by atoms with van der Waals surface area (Å²) in [6, 6.07) is 0. The maximum atomic E-state index is 9.59. The van der Waals surface area contributed by atoms with Gasteiger partial charge < -0.3 is 0 Å². The summed E-state index contributed by atoms with van der Waals surface area (Å²) < 4.78 is 32.4.